The van der Waals surface area contributed by atoms with Crippen LogP contribution in [0.15, 0.2) is 23.1 Å². The number of aryl methyl sites for hydroxylation is 2. The highest BCUT2D eigenvalue weighted by atomic mass is 32.2. The normalized spacial score (nSPS) is 25.0. The third-order valence-corrected chi connectivity index (χ3v) is 6.50. The molecule has 1 fully saturated rings. The molecule has 1 aromatic carbocycles. The SMILES string of the molecule is Cc1ccc(S(=O)(=O)C2CCCCCC2N)cc1C. The molecule has 1 saturated carbocycles. The second-order valence-electron chi connectivity index (χ2n) is 5.63. The summed E-state index contributed by atoms with van der Waals surface area (Å²) in [5.74, 6) is 0. The number of benzene rings is 1. The first-order chi connectivity index (χ1) is 8.93. The number of sulfone groups is 1. The van der Waals surface area contributed by atoms with E-state index in [0.29, 0.717) is 11.3 Å². The van der Waals surface area contributed by atoms with Crippen molar-refractivity contribution in [3.05, 3.63) is 29.3 Å². The van der Waals surface area contributed by atoms with Crippen LogP contribution in [0.4, 0.5) is 0 Å². The Morgan fingerprint density at radius 3 is 2.42 bits per heavy atom. The molecule has 3 nitrogen and oxygen atoms in total. The van der Waals surface area contributed by atoms with Gasteiger partial charge in [0.15, 0.2) is 9.84 Å². The van der Waals surface area contributed by atoms with Crippen LogP contribution in [0.5, 0.6) is 0 Å². The summed E-state index contributed by atoms with van der Waals surface area (Å²) in [6.45, 7) is 3.94. The highest BCUT2D eigenvalue weighted by Gasteiger charge is 2.33. The van der Waals surface area contributed by atoms with Crippen molar-refractivity contribution in [1.29, 1.82) is 0 Å². The molecule has 0 bridgehead atoms. The lowest BCUT2D eigenvalue weighted by Gasteiger charge is -2.22. The molecule has 106 valence electrons. The van der Waals surface area contributed by atoms with Crippen LogP contribution in [0, 0.1) is 13.8 Å². The van der Waals surface area contributed by atoms with Gasteiger partial charge in [0.2, 0.25) is 0 Å². The summed E-state index contributed by atoms with van der Waals surface area (Å²) in [6.07, 6.45) is 4.60. The minimum Gasteiger partial charge on any atom is -0.327 e. The third kappa shape index (κ3) is 3.00. The second kappa shape index (κ2) is 5.63. The summed E-state index contributed by atoms with van der Waals surface area (Å²) in [5.41, 5.74) is 8.22. The molecule has 0 aromatic heterocycles. The minimum atomic E-state index is -3.30. The Labute approximate surface area is 116 Å². The molecule has 0 heterocycles. The van der Waals surface area contributed by atoms with Crippen LogP contribution in [0.25, 0.3) is 0 Å². The van der Waals surface area contributed by atoms with E-state index in [1.54, 1.807) is 12.1 Å². The van der Waals surface area contributed by atoms with E-state index in [2.05, 4.69) is 0 Å². The molecule has 0 aliphatic heterocycles. The molecule has 1 aliphatic carbocycles. The molecule has 4 heteroatoms. The van der Waals surface area contributed by atoms with Gasteiger partial charge < -0.3 is 5.73 Å². The van der Waals surface area contributed by atoms with Crippen LogP contribution < -0.4 is 5.73 Å². The second-order valence-corrected chi connectivity index (χ2v) is 7.80. The molecule has 2 N–H and O–H groups in total. The van der Waals surface area contributed by atoms with Crippen molar-refractivity contribution >= 4 is 9.84 Å². The topological polar surface area (TPSA) is 60.2 Å². The van der Waals surface area contributed by atoms with E-state index < -0.39 is 15.1 Å². The Morgan fingerprint density at radius 2 is 1.74 bits per heavy atom. The van der Waals surface area contributed by atoms with Crippen LogP contribution >= 0.6 is 0 Å². The summed E-state index contributed by atoms with van der Waals surface area (Å²) in [6, 6.07) is 5.15. The molecule has 0 radical (unpaired) electrons. The van der Waals surface area contributed by atoms with E-state index in [0.717, 1.165) is 36.8 Å². The lowest BCUT2D eigenvalue weighted by Crippen LogP contribution is -2.39. The molecule has 2 unspecified atom stereocenters. The van der Waals surface area contributed by atoms with E-state index >= 15 is 0 Å². The van der Waals surface area contributed by atoms with Gasteiger partial charge in [-0.25, -0.2) is 8.42 Å². The van der Waals surface area contributed by atoms with Gasteiger partial charge in [-0.2, -0.15) is 0 Å². The summed E-state index contributed by atoms with van der Waals surface area (Å²) < 4.78 is 25.5. The monoisotopic (exact) mass is 281 g/mol. The highest BCUT2D eigenvalue weighted by molar-refractivity contribution is 7.92. The van der Waals surface area contributed by atoms with Gasteiger partial charge in [0.05, 0.1) is 10.1 Å². The van der Waals surface area contributed by atoms with Crippen LogP contribution in [0.1, 0.15) is 43.2 Å². The summed E-state index contributed by atoms with van der Waals surface area (Å²) in [4.78, 5) is 0.429. The van der Waals surface area contributed by atoms with Crippen LogP contribution in [0.3, 0.4) is 0 Å². The number of hydrogen-bond acceptors (Lipinski definition) is 3. The van der Waals surface area contributed by atoms with Gasteiger partial charge in [-0.05, 0) is 49.9 Å². The van der Waals surface area contributed by atoms with E-state index in [1.807, 2.05) is 19.9 Å². The van der Waals surface area contributed by atoms with Gasteiger partial charge >= 0.3 is 0 Å². The summed E-state index contributed by atoms with van der Waals surface area (Å²) >= 11 is 0. The largest absolute Gasteiger partial charge is 0.327 e. The van der Waals surface area contributed by atoms with E-state index in [1.165, 1.54) is 0 Å². The minimum absolute atomic E-state index is 0.228. The zero-order valence-electron chi connectivity index (χ0n) is 11.7. The Morgan fingerprint density at radius 1 is 1.05 bits per heavy atom. The van der Waals surface area contributed by atoms with Crippen molar-refractivity contribution < 1.29 is 8.42 Å². The van der Waals surface area contributed by atoms with Crippen molar-refractivity contribution in [3.63, 3.8) is 0 Å². The maximum atomic E-state index is 12.7. The van der Waals surface area contributed by atoms with E-state index in [-0.39, 0.29) is 6.04 Å². The van der Waals surface area contributed by atoms with Crippen LogP contribution in [0.2, 0.25) is 0 Å². The van der Waals surface area contributed by atoms with Gasteiger partial charge in [-0.3, -0.25) is 0 Å². The number of rotatable bonds is 2. The standard InChI is InChI=1S/C15H23NO2S/c1-11-8-9-13(10-12(11)2)19(17,18)15-7-5-3-4-6-14(15)16/h8-10,14-15H,3-7,16H2,1-2H3. The maximum Gasteiger partial charge on any atom is 0.182 e. The lowest BCUT2D eigenvalue weighted by atomic mass is 10.1. The van der Waals surface area contributed by atoms with E-state index in [9.17, 15) is 8.42 Å². The first-order valence-electron chi connectivity index (χ1n) is 6.99. The molecule has 1 aliphatic rings. The first-order valence-corrected chi connectivity index (χ1v) is 8.54. The molecule has 19 heavy (non-hydrogen) atoms. The molecule has 0 spiro atoms. The molecular formula is C15H23NO2S. The van der Waals surface area contributed by atoms with Gasteiger partial charge in [-0.15, -0.1) is 0 Å². The third-order valence-electron chi connectivity index (χ3n) is 4.21. The first kappa shape index (κ1) is 14.5. The maximum absolute atomic E-state index is 12.7. The van der Waals surface area contributed by atoms with Gasteiger partial charge in [0.1, 0.15) is 0 Å². The fourth-order valence-corrected chi connectivity index (χ4v) is 4.77. The molecular weight excluding hydrogens is 258 g/mol. The van der Waals surface area contributed by atoms with E-state index in [4.69, 9.17) is 5.73 Å². The quantitative estimate of drug-likeness (QED) is 0.848. The Bertz CT molecular complexity index is 551. The predicted octanol–water partition coefficient (Wildman–Crippen LogP) is 2.74. The predicted molar refractivity (Wildman–Crippen MR) is 78.0 cm³/mol. The molecule has 2 rings (SSSR count). The van der Waals surface area contributed by atoms with Gasteiger partial charge in [-0.1, -0.05) is 25.3 Å². The zero-order chi connectivity index (χ0) is 14.0. The lowest BCUT2D eigenvalue weighted by molar-refractivity contribution is 0.531. The highest BCUT2D eigenvalue weighted by Crippen LogP contribution is 2.28. The fraction of sp³-hybridized carbons (Fsp3) is 0.600. The molecule has 1 aromatic rings. The van der Waals surface area contributed by atoms with Crippen LogP contribution in [-0.2, 0) is 9.84 Å². The van der Waals surface area contributed by atoms with Gasteiger partial charge in [0.25, 0.3) is 0 Å². The molecule has 0 amide bonds. The summed E-state index contributed by atoms with van der Waals surface area (Å²) in [5, 5.41) is -0.419. The fourth-order valence-electron chi connectivity index (χ4n) is 2.75. The molecule has 2 atom stereocenters. The van der Waals surface area contributed by atoms with Crippen molar-refractivity contribution in [1.82, 2.24) is 0 Å². The number of hydrogen-bond donors (Lipinski definition) is 1. The van der Waals surface area contributed by atoms with Crippen molar-refractivity contribution in [2.45, 2.75) is 62.1 Å². The molecule has 0 saturated heterocycles. The Kier molecular flexibility index (Phi) is 4.31. The van der Waals surface area contributed by atoms with Crippen LogP contribution in [-0.4, -0.2) is 19.7 Å². The summed E-state index contributed by atoms with van der Waals surface area (Å²) in [7, 11) is -3.30. The van der Waals surface area contributed by atoms with Crippen molar-refractivity contribution in [3.8, 4) is 0 Å². The van der Waals surface area contributed by atoms with Crippen molar-refractivity contribution in [2.24, 2.45) is 5.73 Å². The average Bonchev–Trinajstić information content (AvgIpc) is 2.57. The van der Waals surface area contributed by atoms with Crippen molar-refractivity contribution in [2.75, 3.05) is 0 Å². The van der Waals surface area contributed by atoms with Gasteiger partial charge in [0, 0.05) is 6.04 Å². The smallest absolute Gasteiger partial charge is 0.182 e. The Balaban J connectivity index is 2.37. The number of nitrogens with two attached hydrogens (primary N) is 1. The Hall–Kier alpha value is -0.870. The average molecular weight is 281 g/mol. The zero-order valence-corrected chi connectivity index (χ0v) is 12.5.